The third-order valence-corrected chi connectivity index (χ3v) is 4.23. The van der Waals surface area contributed by atoms with E-state index in [-0.39, 0.29) is 18.8 Å². The van der Waals surface area contributed by atoms with Crippen molar-refractivity contribution >= 4 is 0 Å². The zero-order chi connectivity index (χ0) is 19.3. The van der Waals surface area contributed by atoms with Gasteiger partial charge in [-0.2, -0.15) is 13.2 Å². The Kier molecular flexibility index (Phi) is 6.36. The highest BCUT2D eigenvalue weighted by atomic mass is 19.4. The molecule has 27 heavy (non-hydrogen) atoms. The molecule has 0 radical (unpaired) electrons. The van der Waals surface area contributed by atoms with Crippen molar-refractivity contribution in [1.29, 1.82) is 0 Å². The first kappa shape index (κ1) is 19.7. The molecule has 1 saturated heterocycles. The molecule has 4 nitrogen and oxygen atoms in total. The van der Waals surface area contributed by atoms with Crippen molar-refractivity contribution in [1.82, 2.24) is 0 Å². The van der Waals surface area contributed by atoms with Crippen LogP contribution >= 0.6 is 0 Å². The van der Waals surface area contributed by atoms with Crippen molar-refractivity contribution in [3.63, 3.8) is 0 Å². The molecule has 0 saturated carbocycles. The van der Waals surface area contributed by atoms with Gasteiger partial charge in [-0.15, -0.1) is 0 Å². The first-order valence-electron chi connectivity index (χ1n) is 8.56. The molecule has 2 aromatic rings. The molecule has 146 valence electrons. The van der Waals surface area contributed by atoms with Gasteiger partial charge in [-0.3, -0.25) is 0 Å². The first-order valence-corrected chi connectivity index (χ1v) is 8.56. The highest BCUT2D eigenvalue weighted by molar-refractivity contribution is 5.26. The van der Waals surface area contributed by atoms with Gasteiger partial charge in [0.2, 0.25) is 0 Å². The molecule has 0 amide bonds. The molecule has 2 aromatic carbocycles. The van der Waals surface area contributed by atoms with Gasteiger partial charge >= 0.3 is 6.18 Å². The van der Waals surface area contributed by atoms with E-state index in [1.54, 1.807) is 7.11 Å². The van der Waals surface area contributed by atoms with Crippen molar-refractivity contribution in [2.45, 2.75) is 31.6 Å². The minimum atomic E-state index is -4.33. The summed E-state index contributed by atoms with van der Waals surface area (Å²) in [4.78, 5) is 0. The van der Waals surface area contributed by atoms with Gasteiger partial charge in [0.25, 0.3) is 0 Å². The fourth-order valence-corrected chi connectivity index (χ4v) is 2.54. The second-order valence-electron chi connectivity index (χ2n) is 6.28. The molecule has 0 unspecified atom stereocenters. The second kappa shape index (κ2) is 8.73. The average Bonchev–Trinajstić information content (AvgIpc) is 3.50. The van der Waals surface area contributed by atoms with E-state index in [9.17, 15) is 13.2 Å². The predicted molar refractivity (Wildman–Crippen MR) is 92.4 cm³/mol. The average molecular weight is 382 g/mol. The summed E-state index contributed by atoms with van der Waals surface area (Å²) < 4.78 is 59.7. The number of epoxide rings is 1. The molecule has 0 aliphatic carbocycles. The molecular formula is C20H21F3O4. The van der Waals surface area contributed by atoms with Crippen molar-refractivity contribution in [2.24, 2.45) is 0 Å². The summed E-state index contributed by atoms with van der Waals surface area (Å²) >= 11 is 0. The Morgan fingerprint density at radius 3 is 2.15 bits per heavy atom. The van der Waals surface area contributed by atoms with Crippen molar-refractivity contribution < 1.29 is 32.1 Å². The van der Waals surface area contributed by atoms with Gasteiger partial charge in [0.1, 0.15) is 18.0 Å². The van der Waals surface area contributed by atoms with Crippen LogP contribution in [0.3, 0.4) is 0 Å². The van der Waals surface area contributed by atoms with Crippen LogP contribution in [0.2, 0.25) is 0 Å². The van der Waals surface area contributed by atoms with Crippen molar-refractivity contribution in [2.75, 3.05) is 20.3 Å². The van der Waals surface area contributed by atoms with Crippen LogP contribution < -0.4 is 4.74 Å². The highest BCUT2D eigenvalue weighted by Crippen LogP contribution is 2.29. The normalized spacial score (nSPS) is 17.6. The van der Waals surface area contributed by atoms with E-state index in [0.29, 0.717) is 25.4 Å². The predicted octanol–water partition coefficient (Wildman–Crippen LogP) is 4.21. The van der Waals surface area contributed by atoms with Crippen molar-refractivity contribution in [3.05, 3.63) is 65.2 Å². The van der Waals surface area contributed by atoms with E-state index in [1.807, 2.05) is 24.3 Å². The van der Waals surface area contributed by atoms with Gasteiger partial charge in [-0.05, 0) is 35.4 Å². The molecule has 1 heterocycles. The van der Waals surface area contributed by atoms with Crippen LogP contribution in [-0.4, -0.2) is 32.5 Å². The topological polar surface area (TPSA) is 40.2 Å². The minimum absolute atomic E-state index is 0.00384. The lowest BCUT2D eigenvalue weighted by Gasteiger charge is -2.16. The lowest BCUT2D eigenvalue weighted by Crippen LogP contribution is -2.26. The SMILES string of the molecule is COc1ccc(CO[C@@H](COCc2ccc(C(F)(F)F)cc2)[C@H]2CO2)cc1. The molecule has 3 rings (SSSR count). The van der Waals surface area contributed by atoms with Crippen LogP contribution in [0.25, 0.3) is 0 Å². The monoisotopic (exact) mass is 382 g/mol. The zero-order valence-electron chi connectivity index (χ0n) is 14.9. The lowest BCUT2D eigenvalue weighted by molar-refractivity contribution is -0.137. The molecule has 1 aliphatic rings. The summed E-state index contributed by atoms with van der Waals surface area (Å²) in [5.74, 6) is 0.778. The Morgan fingerprint density at radius 1 is 1.00 bits per heavy atom. The van der Waals surface area contributed by atoms with E-state index in [2.05, 4.69) is 0 Å². The maximum atomic E-state index is 12.6. The van der Waals surface area contributed by atoms with Crippen molar-refractivity contribution in [3.8, 4) is 5.75 Å². The summed E-state index contributed by atoms with van der Waals surface area (Å²) in [6.45, 7) is 1.56. The lowest BCUT2D eigenvalue weighted by atomic mass is 10.1. The Bertz CT molecular complexity index is 710. The first-order chi connectivity index (χ1) is 13.0. The molecule has 0 aromatic heterocycles. The smallest absolute Gasteiger partial charge is 0.416 e. The maximum absolute atomic E-state index is 12.6. The molecule has 1 aliphatic heterocycles. The van der Waals surface area contributed by atoms with Gasteiger partial charge in [0.15, 0.2) is 0 Å². The summed E-state index contributed by atoms with van der Waals surface area (Å²) in [6, 6.07) is 12.5. The Labute approximate surface area is 155 Å². The number of alkyl halides is 3. The van der Waals surface area contributed by atoms with Crippen LogP contribution in [0.15, 0.2) is 48.5 Å². The number of hydrogen-bond donors (Lipinski definition) is 0. The maximum Gasteiger partial charge on any atom is 0.416 e. The Morgan fingerprint density at radius 2 is 1.59 bits per heavy atom. The zero-order valence-corrected chi connectivity index (χ0v) is 14.9. The largest absolute Gasteiger partial charge is 0.497 e. The Hall–Kier alpha value is -2.09. The molecule has 1 fully saturated rings. The van der Waals surface area contributed by atoms with E-state index >= 15 is 0 Å². The van der Waals surface area contributed by atoms with Crippen LogP contribution in [0.1, 0.15) is 16.7 Å². The third kappa shape index (κ3) is 5.95. The van der Waals surface area contributed by atoms with Gasteiger partial charge in [0.05, 0.1) is 39.1 Å². The molecule has 7 heteroatoms. The fourth-order valence-electron chi connectivity index (χ4n) is 2.54. The number of rotatable bonds is 9. The summed E-state index contributed by atoms with van der Waals surface area (Å²) in [5.41, 5.74) is 1.01. The summed E-state index contributed by atoms with van der Waals surface area (Å²) in [5, 5.41) is 0. The molecule has 0 spiro atoms. The van der Waals surface area contributed by atoms with Gasteiger partial charge in [-0.25, -0.2) is 0 Å². The standard InChI is InChI=1S/C20H21F3O4/c1-24-17-8-4-15(5-9-17)11-26-18(19-13-27-19)12-25-10-14-2-6-16(7-3-14)20(21,22)23/h2-9,18-19H,10-13H2,1H3/t18-,19+/m0/s1. The number of ether oxygens (including phenoxy) is 4. The molecular weight excluding hydrogens is 361 g/mol. The summed E-state index contributed by atoms with van der Waals surface area (Å²) in [6.07, 6.45) is -4.55. The van der Waals surface area contributed by atoms with Gasteiger partial charge < -0.3 is 18.9 Å². The molecule has 2 atom stereocenters. The van der Waals surface area contributed by atoms with Crippen LogP contribution in [0.5, 0.6) is 5.75 Å². The van der Waals surface area contributed by atoms with E-state index in [1.165, 1.54) is 12.1 Å². The van der Waals surface area contributed by atoms with E-state index < -0.39 is 11.7 Å². The highest BCUT2D eigenvalue weighted by Gasteiger charge is 2.34. The number of benzene rings is 2. The van der Waals surface area contributed by atoms with Crippen LogP contribution in [-0.2, 0) is 33.6 Å². The fraction of sp³-hybridized carbons (Fsp3) is 0.400. The van der Waals surface area contributed by atoms with Crippen LogP contribution in [0, 0.1) is 0 Å². The summed E-state index contributed by atoms with van der Waals surface area (Å²) in [7, 11) is 1.61. The quantitative estimate of drug-likeness (QED) is 0.609. The Balaban J connectivity index is 1.45. The second-order valence-corrected chi connectivity index (χ2v) is 6.28. The number of methoxy groups -OCH3 is 1. The number of halogens is 3. The van der Waals surface area contributed by atoms with E-state index in [0.717, 1.165) is 23.4 Å². The third-order valence-electron chi connectivity index (χ3n) is 4.23. The van der Waals surface area contributed by atoms with Crippen LogP contribution in [0.4, 0.5) is 13.2 Å². The van der Waals surface area contributed by atoms with Gasteiger partial charge in [-0.1, -0.05) is 24.3 Å². The van der Waals surface area contributed by atoms with Gasteiger partial charge in [0, 0.05) is 0 Å². The molecule has 0 bridgehead atoms. The number of hydrogen-bond acceptors (Lipinski definition) is 4. The van der Waals surface area contributed by atoms with E-state index in [4.69, 9.17) is 18.9 Å². The minimum Gasteiger partial charge on any atom is -0.497 e. The molecule has 0 N–H and O–H groups in total.